The standard InChI is InChI=1S/C8H16N2O5S/c1-9(15-2)16(13,14)10-6-4-3-5-7(10)8(11)12/h7H,3-6H2,1-2H3,(H,11,12). The number of nitrogens with zero attached hydrogens (tertiary/aromatic N) is 2. The molecule has 0 amide bonds. The SMILES string of the molecule is CON(C)S(=O)(=O)N1CCCCC1C(=O)O. The molecule has 16 heavy (non-hydrogen) atoms. The Morgan fingerprint density at radius 1 is 1.50 bits per heavy atom. The lowest BCUT2D eigenvalue weighted by molar-refractivity contribution is -0.142. The van der Waals surface area contributed by atoms with E-state index in [9.17, 15) is 13.2 Å². The summed E-state index contributed by atoms with van der Waals surface area (Å²) in [5.74, 6) is -1.12. The zero-order valence-corrected chi connectivity index (χ0v) is 10.1. The van der Waals surface area contributed by atoms with Gasteiger partial charge in [0.25, 0.3) is 0 Å². The molecule has 94 valence electrons. The van der Waals surface area contributed by atoms with E-state index in [0.717, 1.165) is 10.7 Å². The molecule has 0 saturated carbocycles. The zero-order chi connectivity index (χ0) is 12.3. The highest BCUT2D eigenvalue weighted by Gasteiger charge is 2.39. The number of carboxylic acid groups (broad SMARTS) is 1. The third-order valence-electron chi connectivity index (χ3n) is 2.62. The number of rotatable bonds is 4. The van der Waals surface area contributed by atoms with Crippen LogP contribution in [0.25, 0.3) is 0 Å². The summed E-state index contributed by atoms with van der Waals surface area (Å²) in [4.78, 5) is 15.6. The molecule has 1 N–H and O–H groups in total. The van der Waals surface area contributed by atoms with E-state index in [1.165, 1.54) is 14.2 Å². The van der Waals surface area contributed by atoms with Crippen molar-refractivity contribution in [3.05, 3.63) is 0 Å². The lowest BCUT2D eigenvalue weighted by atomic mass is 10.1. The molecule has 0 aliphatic carbocycles. The van der Waals surface area contributed by atoms with Gasteiger partial charge in [-0.05, 0) is 19.3 Å². The Balaban J connectivity index is 2.95. The minimum Gasteiger partial charge on any atom is -0.480 e. The van der Waals surface area contributed by atoms with Crippen molar-refractivity contribution in [2.45, 2.75) is 25.3 Å². The van der Waals surface area contributed by atoms with Crippen LogP contribution in [0.15, 0.2) is 0 Å². The molecule has 1 atom stereocenters. The Morgan fingerprint density at radius 2 is 2.12 bits per heavy atom. The quantitative estimate of drug-likeness (QED) is 0.692. The van der Waals surface area contributed by atoms with Crippen LogP contribution < -0.4 is 0 Å². The van der Waals surface area contributed by atoms with Crippen molar-refractivity contribution in [1.29, 1.82) is 0 Å². The molecule has 1 fully saturated rings. The molecule has 0 aromatic heterocycles. The van der Waals surface area contributed by atoms with Crippen molar-refractivity contribution in [3.8, 4) is 0 Å². The van der Waals surface area contributed by atoms with E-state index in [4.69, 9.17) is 5.11 Å². The predicted molar refractivity (Wildman–Crippen MR) is 55.7 cm³/mol. The van der Waals surface area contributed by atoms with E-state index < -0.39 is 22.2 Å². The summed E-state index contributed by atoms with van der Waals surface area (Å²) in [6.07, 6.45) is 1.73. The first-order chi connectivity index (χ1) is 7.41. The minimum absolute atomic E-state index is 0.215. The third-order valence-corrected chi connectivity index (χ3v) is 4.45. The highest BCUT2D eigenvalue weighted by molar-refractivity contribution is 7.86. The van der Waals surface area contributed by atoms with Gasteiger partial charge < -0.3 is 5.11 Å². The summed E-state index contributed by atoms with van der Waals surface area (Å²) in [6, 6.07) is -0.989. The maximum Gasteiger partial charge on any atom is 0.322 e. The Morgan fingerprint density at radius 3 is 2.62 bits per heavy atom. The number of hydroxylamine groups is 1. The van der Waals surface area contributed by atoms with Crippen molar-refractivity contribution in [2.24, 2.45) is 0 Å². The summed E-state index contributed by atoms with van der Waals surface area (Å²) in [5.41, 5.74) is 0. The lowest BCUT2D eigenvalue weighted by Crippen LogP contribution is -2.52. The van der Waals surface area contributed by atoms with Crippen molar-refractivity contribution in [2.75, 3.05) is 20.7 Å². The molecule has 0 radical (unpaired) electrons. The number of carbonyl (C=O) groups is 1. The van der Waals surface area contributed by atoms with Gasteiger partial charge in [0.15, 0.2) is 0 Å². The summed E-state index contributed by atoms with van der Waals surface area (Å²) < 4.78 is 25.4. The average molecular weight is 252 g/mol. The Labute approximate surface area is 94.7 Å². The van der Waals surface area contributed by atoms with Gasteiger partial charge in [-0.15, -0.1) is 0 Å². The van der Waals surface area contributed by atoms with Crippen LogP contribution in [0.3, 0.4) is 0 Å². The maximum atomic E-state index is 11.9. The molecule has 1 rings (SSSR count). The smallest absolute Gasteiger partial charge is 0.322 e. The third kappa shape index (κ3) is 2.51. The summed E-state index contributed by atoms with van der Waals surface area (Å²) in [7, 11) is -1.38. The molecule has 1 aliphatic heterocycles. The summed E-state index contributed by atoms with van der Waals surface area (Å²) in [5, 5.41) is 8.96. The van der Waals surface area contributed by atoms with E-state index in [2.05, 4.69) is 4.84 Å². The second-order valence-corrected chi connectivity index (χ2v) is 5.44. The van der Waals surface area contributed by atoms with Gasteiger partial charge in [-0.25, -0.2) is 0 Å². The van der Waals surface area contributed by atoms with Gasteiger partial charge in [0.05, 0.1) is 7.11 Å². The lowest BCUT2D eigenvalue weighted by Gasteiger charge is -2.33. The normalized spacial score (nSPS) is 23.6. The maximum absolute atomic E-state index is 11.9. The van der Waals surface area contributed by atoms with E-state index in [0.29, 0.717) is 17.3 Å². The molecule has 1 aliphatic rings. The number of hydrogen-bond acceptors (Lipinski definition) is 4. The predicted octanol–water partition coefficient (Wildman–Crippen LogP) is -0.336. The van der Waals surface area contributed by atoms with Crippen molar-refractivity contribution >= 4 is 16.2 Å². The van der Waals surface area contributed by atoms with Gasteiger partial charge in [-0.2, -0.15) is 12.7 Å². The average Bonchev–Trinajstić information content (AvgIpc) is 2.27. The highest BCUT2D eigenvalue weighted by atomic mass is 32.2. The highest BCUT2D eigenvalue weighted by Crippen LogP contribution is 2.22. The van der Waals surface area contributed by atoms with Crippen LogP contribution in [0.1, 0.15) is 19.3 Å². The van der Waals surface area contributed by atoms with Crippen molar-refractivity contribution in [1.82, 2.24) is 8.77 Å². The largest absolute Gasteiger partial charge is 0.480 e. The van der Waals surface area contributed by atoms with Crippen LogP contribution >= 0.6 is 0 Å². The Bertz CT molecular complexity index is 355. The van der Waals surface area contributed by atoms with E-state index in [1.54, 1.807) is 0 Å². The van der Waals surface area contributed by atoms with Crippen LogP contribution in [0, 0.1) is 0 Å². The number of hydrogen-bond donors (Lipinski definition) is 1. The van der Waals surface area contributed by atoms with Crippen molar-refractivity contribution in [3.63, 3.8) is 0 Å². The first-order valence-corrected chi connectivity index (χ1v) is 6.33. The van der Waals surface area contributed by atoms with Crippen LogP contribution in [0.5, 0.6) is 0 Å². The fraction of sp³-hybridized carbons (Fsp3) is 0.875. The fourth-order valence-electron chi connectivity index (χ4n) is 1.67. The molecule has 7 nitrogen and oxygen atoms in total. The number of aliphatic carboxylic acids is 1. The summed E-state index contributed by atoms with van der Waals surface area (Å²) in [6.45, 7) is 0.215. The van der Waals surface area contributed by atoms with Gasteiger partial charge in [0.2, 0.25) is 0 Å². The molecule has 8 heteroatoms. The fourth-order valence-corrected chi connectivity index (χ4v) is 3.03. The van der Waals surface area contributed by atoms with Crippen LogP contribution in [-0.2, 0) is 19.8 Å². The van der Waals surface area contributed by atoms with Crippen LogP contribution in [-0.4, -0.2) is 55.0 Å². The van der Waals surface area contributed by atoms with Gasteiger partial charge >= 0.3 is 16.2 Å². The van der Waals surface area contributed by atoms with Crippen LogP contribution in [0.2, 0.25) is 0 Å². The number of carboxylic acids is 1. The molecular formula is C8H16N2O5S. The Kier molecular flexibility index (Phi) is 4.25. The molecule has 0 bridgehead atoms. The van der Waals surface area contributed by atoms with E-state index in [1.807, 2.05) is 0 Å². The van der Waals surface area contributed by atoms with Crippen molar-refractivity contribution < 1.29 is 23.2 Å². The zero-order valence-electron chi connectivity index (χ0n) is 9.29. The second-order valence-electron chi connectivity index (χ2n) is 3.56. The molecule has 1 unspecified atom stereocenters. The van der Waals surface area contributed by atoms with Gasteiger partial charge in [0, 0.05) is 13.6 Å². The van der Waals surface area contributed by atoms with Gasteiger partial charge in [-0.3, -0.25) is 9.63 Å². The first-order valence-electron chi connectivity index (χ1n) is 4.94. The molecule has 0 aromatic rings. The first kappa shape index (κ1) is 13.4. The topological polar surface area (TPSA) is 87.2 Å². The van der Waals surface area contributed by atoms with E-state index in [-0.39, 0.29) is 6.54 Å². The number of piperidine rings is 1. The van der Waals surface area contributed by atoms with Crippen LogP contribution in [0.4, 0.5) is 0 Å². The minimum atomic E-state index is -3.84. The Hall–Kier alpha value is -0.700. The summed E-state index contributed by atoms with van der Waals surface area (Å²) >= 11 is 0. The molecular weight excluding hydrogens is 236 g/mol. The molecule has 1 heterocycles. The van der Waals surface area contributed by atoms with Gasteiger partial charge in [0.1, 0.15) is 6.04 Å². The van der Waals surface area contributed by atoms with Gasteiger partial charge in [-0.1, -0.05) is 4.47 Å². The molecule has 0 aromatic carbocycles. The monoisotopic (exact) mass is 252 g/mol. The molecule has 0 spiro atoms. The molecule has 1 saturated heterocycles. The van der Waals surface area contributed by atoms with E-state index >= 15 is 0 Å². The second kappa shape index (κ2) is 5.09.